The highest BCUT2D eigenvalue weighted by molar-refractivity contribution is 7.99. The Hall–Kier alpha value is -1.47. The second-order valence-corrected chi connectivity index (χ2v) is 8.29. The number of alkyl halides is 3. The van der Waals surface area contributed by atoms with E-state index in [1.165, 1.54) is 17.7 Å². The summed E-state index contributed by atoms with van der Waals surface area (Å²) in [5.41, 5.74) is 2.03. The highest BCUT2D eigenvalue weighted by atomic mass is 35.5. The molecular formula is C21H20ClF3O2S. The Morgan fingerprint density at radius 1 is 1.07 bits per heavy atom. The Kier molecular flexibility index (Phi) is 7.10. The number of thioether (sulfide) groups is 1. The van der Waals surface area contributed by atoms with E-state index in [-0.39, 0.29) is 5.25 Å². The molecule has 1 saturated heterocycles. The average molecular weight is 429 g/mol. The first-order chi connectivity index (χ1) is 13.3. The molecule has 150 valence electrons. The van der Waals surface area contributed by atoms with Crippen LogP contribution in [0.4, 0.5) is 13.2 Å². The first-order valence-corrected chi connectivity index (χ1v) is 10.2. The van der Waals surface area contributed by atoms with E-state index in [1.54, 1.807) is 17.8 Å². The highest BCUT2D eigenvalue weighted by Gasteiger charge is 2.30. The van der Waals surface area contributed by atoms with Crippen LogP contribution in [-0.4, -0.2) is 24.8 Å². The molecule has 7 heteroatoms. The average Bonchev–Trinajstić information content (AvgIpc) is 2.67. The second kappa shape index (κ2) is 9.35. The van der Waals surface area contributed by atoms with Crippen LogP contribution in [0, 0.1) is 0 Å². The van der Waals surface area contributed by atoms with Crippen LogP contribution in [0.15, 0.2) is 54.1 Å². The molecule has 0 bridgehead atoms. The number of hydrogen-bond acceptors (Lipinski definition) is 3. The van der Waals surface area contributed by atoms with Gasteiger partial charge >= 0.3 is 6.18 Å². The van der Waals surface area contributed by atoms with Gasteiger partial charge in [-0.2, -0.15) is 13.2 Å². The van der Waals surface area contributed by atoms with Crippen molar-refractivity contribution in [1.29, 1.82) is 0 Å². The van der Waals surface area contributed by atoms with Gasteiger partial charge < -0.3 is 9.47 Å². The molecule has 3 rings (SSSR count). The van der Waals surface area contributed by atoms with Gasteiger partial charge in [0.1, 0.15) is 0 Å². The molecule has 0 aliphatic carbocycles. The summed E-state index contributed by atoms with van der Waals surface area (Å²) in [5, 5.41) is 0.946. The van der Waals surface area contributed by atoms with Gasteiger partial charge in [-0.1, -0.05) is 41.9 Å². The van der Waals surface area contributed by atoms with Gasteiger partial charge in [0.2, 0.25) is 0 Å². The minimum absolute atomic E-state index is 0.228. The summed E-state index contributed by atoms with van der Waals surface area (Å²) in [6.45, 7) is 2.96. The Morgan fingerprint density at radius 3 is 2.25 bits per heavy atom. The van der Waals surface area contributed by atoms with Crippen molar-refractivity contribution in [2.45, 2.75) is 30.4 Å². The second-order valence-electron chi connectivity index (χ2n) is 6.57. The molecule has 28 heavy (non-hydrogen) atoms. The van der Waals surface area contributed by atoms with E-state index < -0.39 is 18.0 Å². The van der Waals surface area contributed by atoms with Gasteiger partial charge in [0.15, 0.2) is 6.29 Å². The van der Waals surface area contributed by atoms with Crippen molar-refractivity contribution in [2.75, 3.05) is 13.2 Å². The number of benzene rings is 2. The molecule has 0 saturated carbocycles. The lowest BCUT2D eigenvalue weighted by molar-refractivity contribution is -0.152. The maximum absolute atomic E-state index is 12.6. The SMILES string of the molecule is C/C(=C\c1ccc(C(F)(F)F)cc1)C1OCC(SCc2ccc(Cl)cc2)CO1. The fourth-order valence-electron chi connectivity index (χ4n) is 2.74. The third-order valence-corrected chi connectivity index (χ3v) is 5.77. The van der Waals surface area contributed by atoms with Crippen LogP contribution in [0.1, 0.15) is 23.6 Å². The Balaban J connectivity index is 1.49. The Morgan fingerprint density at radius 2 is 1.68 bits per heavy atom. The molecule has 0 atom stereocenters. The molecular weight excluding hydrogens is 409 g/mol. The quantitative estimate of drug-likeness (QED) is 0.546. The zero-order valence-electron chi connectivity index (χ0n) is 15.2. The zero-order chi connectivity index (χ0) is 20.1. The minimum Gasteiger partial charge on any atom is -0.347 e. The van der Waals surface area contributed by atoms with Crippen LogP contribution in [0.2, 0.25) is 5.02 Å². The summed E-state index contributed by atoms with van der Waals surface area (Å²) in [6.07, 6.45) is -3.02. The van der Waals surface area contributed by atoms with E-state index in [2.05, 4.69) is 0 Å². The van der Waals surface area contributed by atoms with Gasteiger partial charge in [-0.3, -0.25) is 0 Å². The highest BCUT2D eigenvalue weighted by Crippen LogP contribution is 2.30. The van der Waals surface area contributed by atoms with Crippen LogP contribution in [-0.2, 0) is 21.4 Å². The maximum Gasteiger partial charge on any atom is 0.416 e. The van der Waals surface area contributed by atoms with Crippen molar-refractivity contribution in [3.8, 4) is 0 Å². The van der Waals surface area contributed by atoms with Gasteiger partial charge in [0, 0.05) is 10.8 Å². The lowest BCUT2D eigenvalue weighted by Gasteiger charge is -2.29. The first kappa shape index (κ1) is 21.2. The smallest absolute Gasteiger partial charge is 0.347 e. The minimum atomic E-state index is -4.33. The number of rotatable bonds is 5. The summed E-state index contributed by atoms with van der Waals surface area (Å²) < 4.78 is 49.5. The predicted molar refractivity (Wildman–Crippen MR) is 107 cm³/mol. The van der Waals surface area contributed by atoms with Crippen molar-refractivity contribution in [1.82, 2.24) is 0 Å². The van der Waals surface area contributed by atoms with Crippen molar-refractivity contribution in [2.24, 2.45) is 0 Å². The summed E-state index contributed by atoms with van der Waals surface area (Å²) in [6, 6.07) is 12.8. The van der Waals surface area contributed by atoms with E-state index in [0.29, 0.717) is 18.8 Å². The molecule has 0 unspecified atom stereocenters. The molecule has 0 radical (unpaired) electrons. The lowest BCUT2D eigenvalue weighted by atomic mass is 10.1. The van der Waals surface area contributed by atoms with Crippen molar-refractivity contribution in [3.05, 3.63) is 75.8 Å². The molecule has 1 aliphatic heterocycles. The van der Waals surface area contributed by atoms with E-state index in [1.807, 2.05) is 31.2 Å². The van der Waals surface area contributed by atoms with Crippen LogP contribution < -0.4 is 0 Å². The van der Waals surface area contributed by atoms with Gasteiger partial charge in [-0.25, -0.2) is 0 Å². The van der Waals surface area contributed by atoms with Crippen LogP contribution in [0.3, 0.4) is 0 Å². The molecule has 0 N–H and O–H groups in total. The van der Waals surface area contributed by atoms with Gasteiger partial charge in [-0.05, 0) is 47.9 Å². The van der Waals surface area contributed by atoms with Gasteiger partial charge in [0.05, 0.1) is 24.0 Å². The standard InChI is InChI=1S/C21H20ClF3O2S/c1-14(10-15-2-6-17(7-3-15)21(23,24)25)20-26-11-19(12-27-20)28-13-16-4-8-18(22)9-5-16/h2-10,19-20H,11-13H2,1H3/b14-10+. The van der Waals surface area contributed by atoms with E-state index in [0.717, 1.165) is 28.5 Å². The lowest BCUT2D eigenvalue weighted by Crippen LogP contribution is -2.34. The van der Waals surface area contributed by atoms with E-state index >= 15 is 0 Å². The molecule has 1 aliphatic rings. The van der Waals surface area contributed by atoms with Crippen molar-refractivity contribution < 1.29 is 22.6 Å². The third-order valence-electron chi connectivity index (χ3n) is 4.27. The summed E-state index contributed by atoms with van der Waals surface area (Å²) in [7, 11) is 0. The Bertz CT molecular complexity index is 796. The monoisotopic (exact) mass is 428 g/mol. The molecule has 0 amide bonds. The topological polar surface area (TPSA) is 18.5 Å². The van der Waals surface area contributed by atoms with Crippen LogP contribution in [0.25, 0.3) is 6.08 Å². The first-order valence-electron chi connectivity index (χ1n) is 8.76. The van der Waals surface area contributed by atoms with Crippen molar-refractivity contribution >= 4 is 29.4 Å². The number of hydrogen-bond donors (Lipinski definition) is 0. The fourth-order valence-corrected chi connectivity index (χ4v) is 3.83. The van der Waals surface area contributed by atoms with E-state index in [9.17, 15) is 13.2 Å². The fraction of sp³-hybridized carbons (Fsp3) is 0.333. The van der Waals surface area contributed by atoms with Gasteiger partial charge in [-0.15, -0.1) is 11.8 Å². The number of halogens is 4. The van der Waals surface area contributed by atoms with Crippen molar-refractivity contribution in [3.63, 3.8) is 0 Å². The van der Waals surface area contributed by atoms with E-state index in [4.69, 9.17) is 21.1 Å². The molecule has 0 spiro atoms. The molecule has 2 aromatic rings. The Labute approximate surface area is 171 Å². The normalized spacial score (nSPS) is 21.0. The summed E-state index contributed by atoms with van der Waals surface area (Å²) >= 11 is 7.65. The predicted octanol–water partition coefficient (Wildman–Crippen LogP) is 6.44. The zero-order valence-corrected chi connectivity index (χ0v) is 16.8. The van der Waals surface area contributed by atoms with Crippen LogP contribution >= 0.6 is 23.4 Å². The maximum atomic E-state index is 12.6. The molecule has 1 heterocycles. The van der Waals surface area contributed by atoms with Crippen LogP contribution in [0.5, 0.6) is 0 Å². The number of ether oxygens (including phenoxy) is 2. The third kappa shape index (κ3) is 6.01. The largest absolute Gasteiger partial charge is 0.416 e. The summed E-state index contributed by atoms with van der Waals surface area (Å²) in [5.74, 6) is 0.847. The van der Waals surface area contributed by atoms with Gasteiger partial charge in [0.25, 0.3) is 0 Å². The molecule has 2 nitrogen and oxygen atoms in total. The molecule has 1 fully saturated rings. The molecule has 2 aromatic carbocycles. The molecule has 0 aromatic heterocycles. The summed E-state index contributed by atoms with van der Waals surface area (Å²) in [4.78, 5) is 0.